The van der Waals surface area contributed by atoms with Gasteiger partial charge in [-0.1, -0.05) is 56.0 Å². The Labute approximate surface area is 158 Å². The molecule has 5 nitrogen and oxygen atoms in total. The summed E-state index contributed by atoms with van der Waals surface area (Å²) >= 11 is 7.17. The Bertz CT molecular complexity index is 634. The highest BCUT2D eigenvalue weighted by Crippen LogP contribution is 2.29. The van der Waals surface area contributed by atoms with E-state index in [1.165, 1.54) is 31.0 Å². The van der Waals surface area contributed by atoms with Gasteiger partial charge in [-0.15, -0.1) is 0 Å². The number of amides is 2. The molecular formula is C18H24ClN3O2S. The Morgan fingerprint density at radius 2 is 1.96 bits per heavy atom. The fraction of sp³-hybridized carbons (Fsp3) is 0.500. The first-order valence-corrected chi connectivity index (χ1v) is 9.87. The van der Waals surface area contributed by atoms with Crippen LogP contribution >= 0.6 is 23.4 Å². The molecule has 0 aliphatic carbocycles. The number of unbranched alkanes of at least 4 members (excludes halogenated alkanes) is 4. The minimum atomic E-state index is -0.560. The second kappa shape index (κ2) is 9.82. The van der Waals surface area contributed by atoms with Crippen molar-refractivity contribution >= 4 is 46.0 Å². The van der Waals surface area contributed by atoms with Crippen molar-refractivity contribution in [3.05, 3.63) is 29.3 Å². The van der Waals surface area contributed by atoms with E-state index in [2.05, 4.69) is 11.9 Å². The fourth-order valence-electron chi connectivity index (χ4n) is 2.57. The Hall–Kier alpha value is -1.53. The van der Waals surface area contributed by atoms with Crippen LogP contribution in [0.3, 0.4) is 0 Å². The highest BCUT2D eigenvalue weighted by molar-refractivity contribution is 8.15. The van der Waals surface area contributed by atoms with E-state index in [0.717, 1.165) is 12.8 Å². The lowest BCUT2D eigenvalue weighted by atomic mass is 10.1. The molecule has 1 aliphatic heterocycles. The molecule has 1 heterocycles. The van der Waals surface area contributed by atoms with Crippen molar-refractivity contribution in [2.24, 2.45) is 10.7 Å². The summed E-state index contributed by atoms with van der Waals surface area (Å²) in [5.41, 5.74) is 6.10. The average molecular weight is 382 g/mol. The van der Waals surface area contributed by atoms with E-state index in [4.69, 9.17) is 17.3 Å². The van der Waals surface area contributed by atoms with Crippen molar-refractivity contribution in [2.45, 2.75) is 50.7 Å². The van der Waals surface area contributed by atoms with Crippen LogP contribution in [-0.2, 0) is 9.59 Å². The van der Waals surface area contributed by atoms with E-state index in [1.54, 1.807) is 29.2 Å². The lowest BCUT2D eigenvalue weighted by Crippen LogP contribution is -2.45. The van der Waals surface area contributed by atoms with E-state index in [1.807, 2.05) is 0 Å². The highest BCUT2D eigenvalue weighted by Gasteiger charge is 2.34. The summed E-state index contributed by atoms with van der Waals surface area (Å²) in [4.78, 5) is 30.3. The van der Waals surface area contributed by atoms with Crippen molar-refractivity contribution < 1.29 is 9.59 Å². The van der Waals surface area contributed by atoms with Crippen molar-refractivity contribution in [3.8, 4) is 0 Å². The zero-order valence-electron chi connectivity index (χ0n) is 14.4. The Morgan fingerprint density at radius 1 is 1.28 bits per heavy atom. The third kappa shape index (κ3) is 6.04. The topological polar surface area (TPSA) is 75.8 Å². The minimum absolute atomic E-state index is 0.0919. The summed E-state index contributed by atoms with van der Waals surface area (Å²) in [5.74, 6) is -0.574. The van der Waals surface area contributed by atoms with E-state index in [0.29, 0.717) is 22.4 Å². The molecule has 1 aromatic carbocycles. The van der Waals surface area contributed by atoms with Crippen LogP contribution < -0.4 is 5.73 Å². The number of thioether (sulfide) groups is 1. The van der Waals surface area contributed by atoms with Gasteiger partial charge in [-0.2, -0.15) is 0 Å². The molecule has 0 aromatic heterocycles. The first-order valence-electron chi connectivity index (χ1n) is 8.62. The average Bonchev–Trinajstić information content (AvgIpc) is 2.58. The molecule has 2 amide bonds. The SMILES string of the molecule is CCCCCCCN1C(=O)CC(C(N)=O)SC1=Nc1ccc(Cl)cc1. The largest absolute Gasteiger partial charge is 0.369 e. The van der Waals surface area contributed by atoms with Gasteiger partial charge >= 0.3 is 0 Å². The summed E-state index contributed by atoms with van der Waals surface area (Å²) < 4.78 is 0. The van der Waals surface area contributed by atoms with Crippen LogP contribution in [0.25, 0.3) is 0 Å². The quantitative estimate of drug-likeness (QED) is 0.688. The first kappa shape index (κ1) is 19.8. The predicted molar refractivity (Wildman–Crippen MR) is 104 cm³/mol. The Balaban J connectivity index is 2.13. The summed E-state index contributed by atoms with van der Waals surface area (Å²) in [6.07, 6.45) is 5.69. The molecule has 1 fully saturated rings. The zero-order valence-corrected chi connectivity index (χ0v) is 16.0. The van der Waals surface area contributed by atoms with Crippen LogP contribution in [0.1, 0.15) is 45.4 Å². The molecule has 0 spiro atoms. The number of nitrogens with zero attached hydrogens (tertiary/aromatic N) is 2. The fourth-order valence-corrected chi connectivity index (χ4v) is 3.77. The van der Waals surface area contributed by atoms with E-state index in [-0.39, 0.29) is 12.3 Å². The Morgan fingerprint density at radius 3 is 2.60 bits per heavy atom. The molecule has 1 atom stereocenters. The van der Waals surface area contributed by atoms with Gasteiger partial charge in [0.2, 0.25) is 11.8 Å². The number of nitrogens with two attached hydrogens (primary N) is 1. The van der Waals surface area contributed by atoms with Gasteiger partial charge in [-0.25, -0.2) is 4.99 Å². The van der Waals surface area contributed by atoms with Crippen LogP contribution in [0.15, 0.2) is 29.3 Å². The summed E-state index contributed by atoms with van der Waals surface area (Å²) in [7, 11) is 0. The van der Waals surface area contributed by atoms with Gasteiger partial charge in [0, 0.05) is 18.0 Å². The van der Waals surface area contributed by atoms with Gasteiger partial charge in [0.15, 0.2) is 5.17 Å². The van der Waals surface area contributed by atoms with Gasteiger partial charge in [-0.05, 0) is 30.7 Å². The smallest absolute Gasteiger partial charge is 0.231 e. The molecule has 2 rings (SSSR count). The van der Waals surface area contributed by atoms with Crippen molar-refractivity contribution in [3.63, 3.8) is 0 Å². The summed E-state index contributed by atoms with van der Waals surface area (Å²) in [5, 5.41) is 0.604. The second-order valence-electron chi connectivity index (χ2n) is 6.04. The lowest BCUT2D eigenvalue weighted by Gasteiger charge is -2.31. The standard InChI is InChI=1S/C18H24ClN3O2S/c1-2-3-4-5-6-11-22-16(23)12-15(17(20)24)25-18(22)21-14-9-7-13(19)8-10-14/h7-10,15H,2-6,11-12H2,1H3,(H2,20,24). The number of halogens is 1. The molecule has 0 radical (unpaired) electrons. The van der Waals surface area contributed by atoms with Crippen molar-refractivity contribution in [2.75, 3.05) is 6.54 Å². The number of benzene rings is 1. The number of amidine groups is 1. The van der Waals surface area contributed by atoms with E-state index < -0.39 is 11.2 Å². The third-order valence-corrected chi connectivity index (χ3v) is 5.45. The predicted octanol–water partition coefficient (Wildman–Crippen LogP) is 4.12. The lowest BCUT2D eigenvalue weighted by molar-refractivity contribution is -0.129. The molecule has 1 aromatic rings. The normalized spacial score (nSPS) is 19.4. The number of carbonyl (C=O) groups excluding carboxylic acids is 2. The van der Waals surface area contributed by atoms with Crippen LogP contribution in [0.2, 0.25) is 5.02 Å². The number of hydrogen-bond acceptors (Lipinski definition) is 4. The molecule has 1 unspecified atom stereocenters. The molecule has 1 aliphatic rings. The monoisotopic (exact) mass is 381 g/mol. The molecule has 25 heavy (non-hydrogen) atoms. The maximum Gasteiger partial charge on any atom is 0.231 e. The van der Waals surface area contributed by atoms with Gasteiger partial charge < -0.3 is 5.73 Å². The zero-order chi connectivity index (χ0) is 18.2. The molecule has 1 saturated heterocycles. The minimum Gasteiger partial charge on any atom is -0.369 e. The number of hydrogen-bond donors (Lipinski definition) is 1. The van der Waals surface area contributed by atoms with Gasteiger partial charge in [0.25, 0.3) is 0 Å². The number of rotatable bonds is 8. The molecule has 7 heteroatoms. The summed E-state index contributed by atoms with van der Waals surface area (Å²) in [6.45, 7) is 2.79. The number of aliphatic imine (C=N–C) groups is 1. The summed E-state index contributed by atoms with van der Waals surface area (Å²) in [6, 6.07) is 7.06. The Kier molecular flexibility index (Phi) is 7.78. The van der Waals surface area contributed by atoms with Crippen molar-refractivity contribution in [1.82, 2.24) is 4.90 Å². The van der Waals surface area contributed by atoms with E-state index in [9.17, 15) is 9.59 Å². The molecular weight excluding hydrogens is 358 g/mol. The van der Waals surface area contributed by atoms with Crippen LogP contribution in [0.5, 0.6) is 0 Å². The van der Waals surface area contributed by atoms with Crippen LogP contribution in [-0.4, -0.2) is 33.7 Å². The van der Waals surface area contributed by atoms with Crippen LogP contribution in [0.4, 0.5) is 5.69 Å². The molecule has 136 valence electrons. The first-order chi connectivity index (χ1) is 12.0. The highest BCUT2D eigenvalue weighted by atomic mass is 35.5. The number of carbonyl (C=O) groups is 2. The van der Waals surface area contributed by atoms with Crippen molar-refractivity contribution in [1.29, 1.82) is 0 Å². The van der Waals surface area contributed by atoms with Gasteiger partial charge in [-0.3, -0.25) is 14.5 Å². The maximum absolute atomic E-state index is 12.5. The molecule has 0 saturated carbocycles. The van der Waals surface area contributed by atoms with Gasteiger partial charge in [0.1, 0.15) is 0 Å². The van der Waals surface area contributed by atoms with Gasteiger partial charge in [0.05, 0.1) is 10.9 Å². The van der Waals surface area contributed by atoms with Crippen LogP contribution in [0, 0.1) is 0 Å². The number of primary amides is 1. The second-order valence-corrected chi connectivity index (χ2v) is 7.65. The molecule has 2 N–H and O–H groups in total. The maximum atomic E-state index is 12.5. The van der Waals surface area contributed by atoms with E-state index >= 15 is 0 Å². The molecule has 0 bridgehead atoms. The third-order valence-electron chi connectivity index (χ3n) is 3.99.